The summed E-state index contributed by atoms with van der Waals surface area (Å²) >= 11 is 0. The zero-order chi connectivity index (χ0) is 11.1. The van der Waals surface area contributed by atoms with Crippen LogP contribution in [-0.2, 0) is 0 Å². The van der Waals surface area contributed by atoms with Gasteiger partial charge in [0.25, 0.3) is 11.1 Å². The molecule has 0 unspecified atom stereocenters. The largest absolute Gasteiger partial charge is 0.270 e. The van der Waals surface area contributed by atoms with Crippen LogP contribution in [0.25, 0.3) is 21.5 Å². The van der Waals surface area contributed by atoms with Crippen LogP contribution in [-0.4, -0.2) is 10.2 Å². The predicted octanol–water partition coefficient (Wildman–Crippen LogP) is 1.37. The number of hydrogen-bond donors (Lipinski definition) is 2. The lowest BCUT2D eigenvalue weighted by molar-refractivity contribution is 0.977. The summed E-state index contributed by atoms with van der Waals surface area (Å²) in [5.74, 6) is 0. The van der Waals surface area contributed by atoms with Crippen molar-refractivity contribution in [2.24, 2.45) is 0 Å². The van der Waals surface area contributed by atoms with Gasteiger partial charge in [0, 0.05) is 0 Å². The zero-order valence-electron chi connectivity index (χ0n) is 8.28. The van der Waals surface area contributed by atoms with Gasteiger partial charge < -0.3 is 0 Å². The summed E-state index contributed by atoms with van der Waals surface area (Å²) < 4.78 is 0. The standard InChI is InChI=1S/C12H8N2O2/c15-11-9-5-7-3-1-2-4-8(7)6-10(9)12(16)14-13-11/h1-6H,(H,13,15)(H,14,16). The molecule has 16 heavy (non-hydrogen) atoms. The average Bonchev–Trinajstić information content (AvgIpc) is 2.32. The van der Waals surface area contributed by atoms with Crippen molar-refractivity contribution in [3.05, 3.63) is 57.1 Å². The van der Waals surface area contributed by atoms with Crippen molar-refractivity contribution >= 4 is 21.5 Å². The first kappa shape index (κ1) is 8.91. The Morgan fingerprint density at radius 2 is 1.19 bits per heavy atom. The van der Waals surface area contributed by atoms with E-state index in [0.717, 1.165) is 10.8 Å². The van der Waals surface area contributed by atoms with Gasteiger partial charge in [0.2, 0.25) is 0 Å². The van der Waals surface area contributed by atoms with Crippen LogP contribution in [0.3, 0.4) is 0 Å². The van der Waals surface area contributed by atoms with Crippen LogP contribution in [0.2, 0.25) is 0 Å². The van der Waals surface area contributed by atoms with Gasteiger partial charge in [-0.1, -0.05) is 24.3 Å². The number of rotatable bonds is 0. The van der Waals surface area contributed by atoms with Gasteiger partial charge in [0.15, 0.2) is 0 Å². The van der Waals surface area contributed by atoms with Crippen molar-refractivity contribution in [1.82, 2.24) is 10.2 Å². The Labute approximate surface area is 89.5 Å². The van der Waals surface area contributed by atoms with Crippen LogP contribution in [0.5, 0.6) is 0 Å². The maximum Gasteiger partial charge on any atom is 0.270 e. The van der Waals surface area contributed by atoms with Gasteiger partial charge in [-0.25, -0.2) is 0 Å². The van der Waals surface area contributed by atoms with E-state index in [9.17, 15) is 9.59 Å². The monoisotopic (exact) mass is 212 g/mol. The minimum absolute atomic E-state index is 0.277. The molecule has 0 saturated carbocycles. The molecule has 0 fully saturated rings. The second kappa shape index (κ2) is 3.06. The Bertz CT molecular complexity index is 731. The molecular formula is C12H8N2O2. The quantitative estimate of drug-likeness (QED) is 0.553. The van der Waals surface area contributed by atoms with Crippen molar-refractivity contribution in [3.8, 4) is 0 Å². The average molecular weight is 212 g/mol. The maximum atomic E-state index is 11.5. The molecule has 4 heteroatoms. The number of aromatic amines is 2. The van der Waals surface area contributed by atoms with Crippen LogP contribution in [0, 0.1) is 0 Å². The Balaban J connectivity index is 2.66. The highest BCUT2D eigenvalue weighted by molar-refractivity contribution is 5.97. The Morgan fingerprint density at radius 1 is 0.750 bits per heavy atom. The molecule has 1 aromatic heterocycles. The molecule has 3 rings (SSSR count). The molecule has 0 saturated heterocycles. The molecule has 0 bridgehead atoms. The lowest BCUT2D eigenvalue weighted by atomic mass is 10.1. The Morgan fingerprint density at radius 3 is 1.62 bits per heavy atom. The lowest BCUT2D eigenvalue weighted by Crippen LogP contribution is -2.18. The summed E-state index contributed by atoms with van der Waals surface area (Å²) in [6, 6.07) is 11.1. The Kier molecular flexibility index (Phi) is 1.71. The van der Waals surface area contributed by atoms with Gasteiger partial charge in [-0.05, 0) is 22.9 Å². The molecule has 2 N–H and O–H groups in total. The van der Waals surface area contributed by atoms with Crippen molar-refractivity contribution in [1.29, 1.82) is 0 Å². The van der Waals surface area contributed by atoms with Crippen LogP contribution in [0.15, 0.2) is 46.0 Å². The van der Waals surface area contributed by atoms with Gasteiger partial charge in [-0.2, -0.15) is 0 Å². The van der Waals surface area contributed by atoms with Gasteiger partial charge in [0.05, 0.1) is 10.8 Å². The van der Waals surface area contributed by atoms with Gasteiger partial charge in [0.1, 0.15) is 0 Å². The third-order valence-electron chi connectivity index (χ3n) is 2.66. The molecule has 2 aromatic carbocycles. The highest BCUT2D eigenvalue weighted by atomic mass is 16.1. The third kappa shape index (κ3) is 1.16. The number of H-pyrrole nitrogens is 2. The number of nitrogens with one attached hydrogen (secondary N) is 2. The van der Waals surface area contributed by atoms with Gasteiger partial charge in [-0.3, -0.25) is 19.8 Å². The number of hydrogen-bond acceptors (Lipinski definition) is 2. The fraction of sp³-hybridized carbons (Fsp3) is 0. The van der Waals surface area contributed by atoms with Crippen LogP contribution in [0.1, 0.15) is 0 Å². The first-order chi connectivity index (χ1) is 7.75. The first-order valence-electron chi connectivity index (χ1n) is 4.89. The highest BCUT2D eigenvalue weighted by Gasteiger charge is 2.04. The summed E-state index contributed by atoms with van der Waals surface area (Å²) in [5, 5.41) is 7.37. The number of fused-ring (bicyclic) bond motifs is 2. The first-order valence-corrected chi connectivity index (χ1v) is 4.89. The van der Waals surface area contributed by atoms with Gasteiger partial charge >= 0.3 is 0 Å². The molecule has 0 aliphatic rings. The van der Waals surface area contributed by atoms with Crippen LogP contribution >= 0.6 is 0 Å². The van der Waals surface area contributed by atoms with Crippen molar-refractivity contribution < 1.29 is 0 Å². The van der Waals surface area contributed by atoms with E-state index in [-0.39, 0.29) is 11.1 Å². The molecule has 4 nitrogen and oxygen atoms in total. The summed E-state index contributed by atoms with van der Waals surface area (Å²) in [4.78, 5) is 23.1. The number of aromatic nitrogens is 2. The number of benzene rings is 2. The smallest absolute Gasteiger partial charge is 0.267 e. The topological polar surface area (TPSA) is 65.7 Å². The summed E-state index contributed by atoms with van der Waals surface area (Å²) in [6.45, 7) is 0. The molecule has 78 valence electrons. The second-order valence-corrected chi connectivity index (χ2v) is 3.65. The van der Waals surface area contributed by atoms with Crippen LogP contribution < -0.4 is 11.1 Å². The lowest BCUT2D eigenvalue weighted by Gasteiger charge is -1.99. The normalized spacial score (nSPS) is 11.0. The molecule has 0 amide bonds. The molecule has 1 heterocycles. The molecule has 0 aliphatic carbocycles. The van der Waals surface area contributed by atoms with Crippen molar-refractivity contribution in [2.45, 2.75) is 0 Å². The summed E-state index contributed by atoms with van der Waals surface area (Å²) in [5.41, 5.74) is -0.555. The Hall–Kier alpha value is -2.36. The molecule has 0 aliphatic heterocycles. The molecule has 0 spiro atoms. The van der Waals surface area contributed by atoms with E-state index >= 15 is 0 Å². The fourth-order valence-corrected chi connectivity index (χ4v) is 1.86. The SMILES string of the molecule is O=c1[nH][nH]c(=O)c2cc3ccccc3cc12. The minimum atomic E-state index is -0.277. The molecule has 0 radical (unpaired) electrons. The summed E-state index contributed by atoms with van der Waals surface area (Å²) in [7, 11) is 0. The predicted molar refractivity (Wildman–Crippen MR) is 62.7 cm³/mol. The van der Waals surface area contributed by atoms with E-state index in [1.165, 1.54) is 0 Å². The highest BCUT2D eigenvalue weighted by Crippen LogP contribution is 2.17. The van der Waals surface area contributed by atoms with Crippen molar-refractivity contribution in [2.75, 3.05) is 0 Å². The third-order valence-corrected chi connectivity index (χ3v) is 2.66. The van der Waals surface area contributed by atoms with Crippen molar-refractivity contribution in [3.63, 3.8) is 0 Å². The maximum absolute atomic E-state index is 11.5. The van der Waals surface area contributed by atoms with E-state index in [1.54, 1.807) is 12.1 Å². The van der Waals surface area contributed by atoms with E-state index in [1.807, 2.05) is 24.3 Å². The summed E-state index contributed by atoms with van der Waals surface area (Å²) in [6.07, 6.45) is 0. The molecular weight excluding hydrogens is 204 g/mol. The van der Waals surface area contributed by atoms with E-state index in [4.69, 9.17) is 0 Å². The fourth-order valence-electron chi connectivity index (χ4n) is 1.86. The minimum Gasteiger partial charge on any atom is -0.267 e. The second-order valence-electron chi connectivity index (χ2n) is 3.65. The van der Waals surface area contributed by atoms with Gasteiger partial charge in [-0.15, -0.1) is 0 Å². The van der Waals surface area contributed by atoms with E-state index < -0.39 is 0 Å². The molecule has 0 atom stereocenters. The van der Waals surface area contributed by atoms with E-state index in [0.29, 0.717) is 10.8 Å². The van der Waals surface area contributed by atoms with Crippen LogP contribution in [0.4, 0.5) is 0 Å². The zero-order valence-corrected chi connectivity index (χ0v) is 8.28. The molecule has 3 aromatic rings. The van der Waals surface area contributed by atoms with E-state index in [2.05, 4.69) is 10.2 Å².